The third-order valence-corrected chi connectivity index (χ3v) is 5.88. The van der Waals surface area contributed by atoms with Crippen molar-refractivity contribution in [1.29, 1.82) is 0 Å². The van der Waals surface area contributed by atoms with Crippen molar-refractivity contribution >= 4 is 28.3 Å². The van der Waals surface area contributed by atoms with Gasteiger partial charge in [-0.15, -0.1) is 0 Å². The second-order valence-electron chi connectivity index (χ2n) is 8.96. The predicted octanol–water partition coefficient (Wildman–Crippen LogP) is 2.69. The summed E-state index contributed by atoms with van der Waals surface area (Å²) in [5.41, 5.74) is 1.60. The van der Waals surface area contributed by atoms with Gasteiger partial charge < -0.3 is 25.4 Å². The second kappa shape index (κ2) is 9.00. The molecule has 34 heavy (non-hydrogen) atoms. The summed E-state index contributed by atoms with van der Waals surface area (Å²) in [5.74, 6) is -3.37. The highest BCUT2D eigenvalue weighted by Crippen LogP contribution is 2.40. The van der Waals surface area contributed by atoms with Crippen molar-refractivity contribution in [2.45, 2.75) is 25.4 Å². The van der Waals surface area contributed by atoms with E-state index in [1.165, 1.54) is 17.2 Å². The first-order valence-corrected chi connectivity index (χ1v) is 10.8. The lowest BCUT2D eigenvalue weighted by molar-refractivity contribution is -0.116. The monoisotopic (exact) mass is 469 g/mol. The molecule has 2 amide bonds. The summed E-state index contributed by atoms with van der Waals surface area (Å²) in [6.45, 7) is 3.31. The number of benzene rings is 2. The van der Waals surface area contributed by atoms with E-state index in [9.17, 15) is 23.5 Å². The van der Waals surface area contributed by atoms with E-state index in [1.54, 1.807) is 0 Å². The van der Waals surface area contributed by atoms with Crippen LogP contribution in [0.5, 0.6) is 0 Å². The molecule has 1 atom stereocenters. The van der Waals surface area contributed by atoms with Gasteiger partial charge in [0.05, 0.1) is 24.0 Å². The Morgan fingerprint density at radius 3 is 2.62 bits per heavy atom. The van der Waals surface area contributed by atoms with Gasteiger partial charge in [0.1, 0.15) is 0 Å². The number of aliphatic hydroxyl groups excluding tert-OH is 2. The number of halogens is 2. The van der Waals surface area contributed by atoms with Crippen LogP contribution in [-0.2, 0) is 10.2 Å². The van der Waals surface area contributed by atoms with Gasteiger partial charge in [0.25, 0.3) is 11.8 Å². The van der Waals surface area contributed by atoms with Gasteiger partial charge in [0, 0.05) is 41.2 Å². The number of carbonyl (C=O) groups excluding carboxylic acids is 2. The lowest BCUT2D eigenvalue weighted by Gasteiger charge is -2.29. The second-order valence-corrected chi connectivity index (χ2v) is 8.96. The van der Waals surface area contributed by atoms with Gasteiger partial charge in [-0.3, -0.25) is 9.59 Å². The minimum absolute atomic E-state index is 0.0585. The van der Waals surface area contributed by atoms with Crippen LogP contribution in [0.1, 0.15) is 35.5 Å². The zero-order valence-electron chi connectivity index (χ0n) is 18.7. The molecule has 2 heterocycles. The zero-order chi connectivity index (χ0) is 24.6. The molecule has 9 heteroatoms. The molecule has 1 aliphatic rings. The third kappa shape index (κ3) is 4.32. The number of aromatic amines is 1. The molecule has 0 spiro atoms. The Morgan fingerprint density at radius 1 is 1.18 bits per heavy atom. The van der Waals surface area contributed by atoms with Crippen LogP contribution in [0, 0.1) is 11.6 Å². The first kappa shape index (κ1) is 23.6. The molecule has 1 unspecified atom stereocenters. The van der Waals surface area contributed by atoms with Crippen molar-refractivity contribution in [1.82, 2.24) is 15.2 Å². The van der Waals surface area contributed by atoms with Crippen molar-refractivity contribution in [3.8, 4) is 0 Å². The summed E-state index contributed by atoms with van der Waals surface area (Å²) in [4.78, 5) is 31.1. The van der Waals surface area contributed by atoms with Gasteiger partial charge in [-0.25, -0.2) is 8.78 Å². The summed E-state index contributed by atoms with van der Waals surface area (Å²) in [6.07, 6.45) is 0.238. The first-order chi connectivity index (χ1) is 16.1. The van der Waals surface area contributed by atoms with E-state index in [0.29, 0.717) is 5.69 Å². The van der Waals surface area contributed by atoms with Gasteiger partial charge >= 0.3 is 0 Å². The van der Waals surface area contributed by atoms with Crippen LogP contribution in [0.3, 0.4) is 0 Å². The average molecular weight is 469 g/mol. The molecule has 2 aromatic carbocycles. The smallest absolute Gasteiger partial charge is 0.257 e. The van der Waals surface area contributed by atoms with Crippen molar-refractivity contribution in [2.75, 3.05) is 19.7 Å². The minimum atomic E-state index is -1.14. The summed E-state index contributed by atoms with van der Waals surface area (Å²) in [6, 6.07) is 10.5. The van der Waals surface area contributed by atoms with Crippen molar-refractivity contribution in [2.24, 2.45) is 0 Å². The van der Waals surface area contributed by atoms with Crippen LogP contribution in [0.4, 0.5) is 8.78 Å². The zero-order valence-corrected chi connectivity index (χ0v) is 18.7. The molecular formula is C25H25F2N3O4. The SMILES string of the molecule is CC1(C)CN(C(=O)c2ccc(F)c(F)c2)C=C(C(=O)NCC(O)CO)c2[nH]c3ccccc3c21. The Bertz CT molecular complexity index is 1300. The van der Waals surface area contributed by atoms with Crippen molar-refractivity contribution in [3.63, 3.8) is 0 Å². The van der Waals surface area contributed by atoms with Gasteiger partial charge in [0.2, 0.25) is 0 Å². The average Bonchev–Trinajstić information content (AvgIpc) is 3.16. The molecule has 178 valence electrons. The molecule has 1 aromatic heterocycles. The Hall–Kier alpha value is -3.56. The van der Waals surface area contributed by atoms with E-state index in [1.807, 2.05) is 38.1 Å². The van der Waals surface area contributed by atoms with Crippen LogP contribution >= 0.6 is 0 Å². The van der Waals surface area contributed by atoms with E-state index in [2.05, 4.69) is 10.3 Å². The standard InChI is InChI=1S/C25H25F2N3O4/c1-25(2)13-30(24(34)14-7-8-18(26)19(27)9-14)11-17(23(33)28-10-15(32)12-31)22-21(25)16-5-3-4-6-20(16)29-22/h3-9,11,15,29,31-32H,10,12-13H2,1-2H3,(H,28,33). The van der Waals surface area contributed by atoms with Crippen LogP contribution in [0.15, 0.2) is 48.7 Å². The number of aliphatic hydroxyl groups is 2. The Kier molecular flexibility index (Phi) is 6.24. The molecule has 1 aliphatic heterocycles. The lowest BCUT2D eigenvalue weighted by Crippen LogP contribution is -2.37. The number of para-hydroxylation sites is 1. The predicted molar refractivity (Wildman–Crippen MR) is 123 cm³/mol. The fourth-order valence-corrected chi connectivity index (χ4v) is 4.29. The quantitative estimate of drug-likeness (QED) is 0.461. The Labute approximate surface area is 194 Å². The topological polar surface area (TPSA) is 106 Å². The number of hydrogen-bond donors (Lipinski definition) is 4. The molecule has 0 aliphatic carbocycles. The number of carbonyl (C=O) groups is 2. The molecule has 0 saturated carbocycles. The summed E-state index contributed by atoms with van der Waals surface area (Å²) in [7, 11) is 0. The van der Waals surface area contributed by atoms with Gasteiger partial charge in [0.15, 0.2) is 11.6 Å². The maximum atomic E-state index is 13.8. The minimum Gasteiger partial charge on any atom is -0.394 e. The van der Waals surface area contributed by atoms with Crippen LogP contribution < -0.4 is 5.32 Å². The molecule has 0 saturated heterocycles. The van der Waals surface area contributed by atoms with E-state index in [-0.39, 0.29) is 24.2 Å². The van der Waals surface area contributed by atoms with Gasteiger partial charge in [-0.2, -0.15) is 0 Å². The number of amides is 2. The normalized spacial score (nSPS) is 15.9. The molecule has 7 nitrogen and oxygen atoms in total. The maximum absolute atomic E-state index is 13.8. The molecular weight excluding hydrogens is 444 g/mol. The highest BCUT2D eigenvalue weighted by molar-refractivity contribution is 6.21. The van der Waals surface area contributed by atoms with Crippen LogP contribution in [0.2, 0.25) is 0 Å². The number of nitrogens with one attached hydrogen (secondary N) is 2. The van der Waals surface area contributed by atoms with Crippen LogP contribution in [-0.4, -0.2) is 57.7 Å². The van der Waals surface area contributed by atoms with Crippen molar-refractivity contribution in [3.05, 3.63) is 77.1 Å². The number of nitrogens with zero attached hydrogens (tertiary/aromatic N) is 1. The number of H-pyrrole nitrogens is 1. The van der Waals surface area contributed by atoms with Crippen LogP contribution in [0.25, 0.3) is 16.5 Å². The largest absolute Gasteiger partial charge is 0.394 e. The fourth-order valence-electron chi connectivity index (χ4n) is 4.29. The van der Waals surface area contributed by atoms with E-state index < -0.39 is 41.6 Å². The lowest BCUT2D eigenvalue weighted by atomic mass is 9.81. The highest BCUT2D eigenvalue weighted by Gasteiger charge is 2.37. The fraction of sp³-hybridized carbons (Fsp3) is 0.280. The van der Waals surface area contributed by atoms with E-state index >= 15 is 0 Å². The van der Waals surface area contributed by atoms with E-state index in [0.717, 1.165) is 28.6 Å². The molecule has 0 fully saturated rings. The first-order valence-electron chi connectivity index (χ1n) is 10.8. The van der Waals surface area contributed by atoms with Gasteiger partial charge in [-0.05, 0) is 29.8 Å². The molecule has 4 N–H and O–H groups in total. The molecule has 0 radical (unpaired) electrons. The maximum Gasteiger partial charge on any atom is 0.257 e. The summed E-state index contributed by atoms with van der Waals surface area (Å²) in [5, 5.41) is 22.2. The van der Waals surface area contributed by atoms with Gasteiger partial charge in [-0.1, -0.05) is 32.0 Å². The summed E-state index contributed by atoms with van der Waals surface area (Å²) < 4.78 is 27.2. The summed E-state index contributed by atoms with van der Waals surface area (Å²) >= 11 is 0. The molecule has 4 rings (SSSR count). The van der Waals surface area contributed by atoms with E-state index in [4.69, 9.17) is 5.11 Å². The number of aromatic nitrogens is 1. The number of hydrogen-bond acceptors (Lipinski definition) is 4. The number of rotatable bonds is 5. The van der Waals surface area contributed by atoms with Crippen molar-refractivity contribution < 1.29 is 28.6 Å². The highest BCUT2D eigenvalue weighted by atomic mass is 19.2. The third-order valence-electron chi connectivity index (χ3n) is 5.88. The molecule has 3 aromatic rings. The Balaban J connectivity index is 1.83. The molecule has 0 bridgehead atoms. The number of fused-ring (bicyclic) bond motifs is 3. The Morgan fingerprint density at radius 2 is 1.91 bits per heavy atom.